The molecule has 0 amide bonds. The molecule has 0 aliphatic carbocycles. The van der Waals surface area contributed by atoms with Crippen LogP contribution >= 0.6 is 24.4 Å². The maximum absolute atomic E-state index is 8.78. The number of H-pyrrole nitrogens is 1. The first-order chi connectivity index (χ1) is 4.20. The molecule has 9 heavy (non-hydrogen) atoms. The molecule has 3 nitrogen and oxygen atoms in total. The minimum Gasteiger partial charge on any atom is -0.426 e. The van der Waals surface area contributed by atoms with Crippen molar-refractivity contribution in [1.82, 2.24) is 9.71 Å². The van der Waals surface area contributed by atoms with Gasteiger partial charge in [-0.3, -0.25) is 0 Å². The van der Waals surface area contributed by atoms with Gasteiger partial charge in [0, 0.05) is 6.20 Å². The molecule has 0 aliphatic rings. The third kappa shape index (κ3) is 1.36. The smallest absolute Gasteiger partial charge is 0.212 e. The van der Waals surface area contributed by atoms with Crippen LogP contribution in [0, 0.1) is 9.41 Å². The summed E-state index contributed by atoms with van der Waals surface area (Å²) in [6.07, 6.45) is 1.39. The van der Waals surface area contributed by atoms with Crippen molar-refractivity contribution >= 4 is 24.4 Å². The van der Waals surface area contributed by atoms with Gasteiger partial charge in [0.25, 0.3) is 0 Å². The maximum atomic E-state index is 8.78. The molecule has 0 radical (unpaired) electrons. The summed E-state index contributed by atoms with van der Waals surface area (Å²) in [6, 6.07) is 1.55. The molecule has 0 bridgehead atoms. The lowest BCUT2D eigenvalue weighted by Gasteiger charge is -1.92. The highest BCUT2D eigenvalue weighted by Crippen LogP contribution is 1.85. The second-order valence-electron chi connectivity index (χ2n) is 1.45. The summed E-state index contributed by atoms with van der Waals surface area (Å²) in [5.41, 5.74) is 0. The Labute approximate surface area is 61.5 Å². The molecule has 0 aromatic carbocycles. The van der Waals surface area contributed by atoms with Crippen molar-refractivity contribution in [3.63, 3.8) is 0 Å². The fraction of sp³-hybridized carbons (Fsp3) is 0. The first kappa shape index (κ1) is 6.44. The lowest BCUT2D eigenvalue weighted by molar-refractivity contribution is 0.176. The lowest BCUT2D eigenvalue weighted by atomic mass is 10.7. The van der Waals surface area contributed by atoms with Gasteiger partial charge >= 0.3 is 0 Å². The predicted molar refractivity (Wildman–Crippen MR) is 37.6 cm³/mol. The van der Waals surface area contributed by atoms with Crippen molar-refractivity contribution in [2.45, 2.75) is 0 Å². The van der Waals surface area contributed by atoms with Crippen LogP contribution in [0.25, 0.3) is 0 Å². The summed E-state index contributed by atoms with van der Waals surface area (Å²) in [7, 11) is 0. The van der Waals surface area contributed by atoms with E-state index >= 15 is 0 Å². The van der Waals surface area contributed by atoms with E-state index in [0.29, 0.717) is 4.64 Å². The molecule has 1 heterocycles. The van der Waals surface area contributed by atoms with E-state index in [-0.39, 0.29) is 4.77 Å². The third-order valence-corrected chi connectivity index (χ3v) is 1.33. The summed E-state index contributed by atoms with van der Waals surface area (Å²) >= 11 is 9.34. The maximum Gasteiger partial charge on any atom is 0.212 e. The Bertz CT molecular complexity index is 313. The molecule has 0 fully saturated rings. The highest BCUT2D eigenvalue weighted by Gasteiger charge is 1.81. The van der Waals surface area contributed by atoms with Crippen molar-refractivity contribution in [3.05, 3.63) is 21.7 Å². The largest absolute Gasteiger partial charge is 0.426 e. The van der Waals surface area contributed by atoms with E-state index in [1.165, 1.54) is 6.20 Å². The summed E-state index contributed by atoms with van der Waals surface area (Å²) < 4.78 is 1.53. The molecule has 1 aromatic rings. The van der Waals surface area contributed by atoms with Gasteiger partial charge in [-0.05, 0) is 18.3 Å². The molecular weight excluding hydrogens is 156 g/mol. The summed E-state index contributed by atoms with van der Waals surface area (Å²) in [6.45, 7) is 0. The summed E-state index contributed by atoms with van der Waals surface area (Å²) in [4.78, 5) is 2.58. The summed E-state index contributed by atoms with van der Waals surface area (Å²) in [5.74, 6) is 0. The standard InChI is InChI=1S/C4H4N2OS2/c7-6-2-1-3(8)5-4(6)9/h1-2,7H,(H,5,8,9). The van der Waals surface area contributed by atoms with Crippen molar-refractivity contribution in [3.8, 4) is 0 Å². The van der Waals surface area contributed by atoms with Gasteiger partial charge in [-0.25, -0.2) is 0 Å². The Kier molecular flexibility index (Phi) is 1.63. The van der Waals surface area contributed by atoms with Crippen molar-refractivity contribution in [1.29, 1.82) is 0 Å². The van der Waals surface area contributed by atoms with Gasteiger partial charge in [-0.2, -0.15) is 4.73 Å². The van der Waals surface area contributed by atoms with Crippen LogP contribution in [0.1, 0.15) is 0 Å². The Morgan fingerprint density at radius 1 is 1.56 bits per heavy atom. The molecule has 1 rings (SSSR count). The normalized spacial score (nSPS) is 9.33. The van der Waals surface area contributed by atoms with Crippen molar-refractivity contribution in [2.24, 2.45) is 0 Å². The van der Waals surface area contributed by atoms with E-state index < -0.39 is 0 Å². The molecule has 0 aliphatic heterocycles. The predicted octanol–water partition coefficient (Wildman–Crippen LogP) is 1.51. The number of nitrogens with one attached hydrogen (secondary N) is 1. The zero-order chi connectivity index (χ0) is 6.85. The fourth-order valence-electron chi connectivity index (χ4n) is 0.410. The molecule has 2 N–H and O–H groups in total. The van der Waals surface area contributed by atoms with Gasteiger partial charge in [0.05, 0.1) is 0 Å². The lowest BCUT2D eigenvalue weighted by Crippen LogP contribution is -1.94. The summed E-state index contributed by atoms with van der Waals surface area (Å²) in [5, 5.41) is 8.78. The number of aromatic nitrogens is 2. The van der Waals surface area contributed by atoms with Gasteiger partial charge < -0.3 is 10.2 Å². The van der Waals surface area contributed by atoms with Gasteiger partial charge in [0.15, 0.2) is 0 Å². The highest BCUT2D eigenvalue weighted by atomic mass is 32.1. The molecule has 0 unspecified atom stereocenters. The quantitative estimate of drug-likeness (QED) is 0.446. The molecule has 0 spiro atoms. The van der Waals surface area contributed by atoms with Crippen LogP contribution < -0.4 is 0 Å². The number of nitrogens with zero attached hydrogens (tertiary/aromatic N) is 1. The van der Waals surface area contributed by atoms with Gasteiger partial charge in [-0.15, -0.1) is 0 Å². The van der Waals surface area contributed by atoms with Crippen LogP contribution in [-0.4, -0.2) is 14.9 Å². The monoisotopic (exact) mass is 160 g/mol. The van der Waals surface area contributed by atoms with Crippen LogP contribution in [0.3, 0.4) is 0 Å². The molecule has 0 atom stereocenters. The zero-order valence-corrected chi connectivity index (χ0v) is 6.00. The number of rotatable bonds is 0. The highest BCUT2D eigenvalue weighted by molar-refractivity contribution is 7.72. The van der Waals surface area contributed by atoms with Gasteiger partial charge in [0.1, 0.15) is 4.64 Å². The van der Waals surface area contributed by atoms with E-state index in [1.54, 1.807) is 6.07 Å². The number of hydrogen-bond acceptors (Lipinski definition) is 3. The molecule has 1 aromatic heterocycles. The second-order valence-corrected chi connectivity index (χ2v) is 2.28. The van der Waals surface area contributed by atoms with Crippen LogP contribution in [0.2, 0.25) is 0 Å². The van der Waals surface area contributed by atoms with E-state index in [0.717, 1.165) is 4.73 Å². The van der Waals surface area contributed by atoms with Crippen LogP contribution in [0.15, 0.2) is 12.3 Å². The zero-order valence-electron chi connectivity index (χ0n) is 4.37. The number of hydrogen-bond donors (Lipinski definition) is 2. The Hall–Kier alpha value is -0.680. The second kappa shape index (κ2) is 2.28. The van der Waals surface area contributed by atoms with E-state index in [4.69, 9.17) is 17.4 Å². The minimum absolute atomic E-state index is 0.211. The molecule has 0 saturated heterocycles. The van der Waals surface area contributed by atoms with Crippen molar-refractivity contribution < 1.29 is 5.21 Å². The molecule has 48 valence electrons. The van der Waals surface area contributed by atoms with Crippen LogP contribution in [0.4, 0.5) is 0 Å². The van der Waals surface area contributed by atoms with E-state index in [9.17, 15) is 0 Å². The average Bonchev–Trinajstić information content (AvgIpc) is 1.80. The molecular formula is C4H4N2OS2. The minimum atomic E-state index is 0.211. The average molecular weight is 160 g/mol. The van der Waals surface area contributed by atoms with Crippen LogP contribution in [-0.2, 0) is 0 Å². The fourth-order valence-corrected chi connectivity index (χ4v) is 0.803. The Balaban J connectivity index is 3.52. The Morgan fingerprint density at radius 2 is 2.22 bits per heavy atom. The third-order valence-electron chi connectivity index (χ3n) is 0.805. The van der Waals surface area contributed by atoms with E-state index in [2.05, 4.69) is 17.2 Å². The topological polar surface area (TPSA) is 41.0 Å². The van der Waals surface area contributed by atoms with Crippen LogP contribution in [0.5, 0.6) is 0 Å². The van der Waals surface area contributed by atoms with Gasteiger partial charge in [0.2, 0.25) is 4.77 Å². The van der Waals surface area contributed by atoms with Crippen molar-refractivity contribution in [2.75, 3.05) is 0 Å². The Morgan fingerprint density at radius 3 is 2.67 bits per heavy atom. The molecule has 5 heteroatoms. The first-order valence-electron chi connectivity index (χ1n) is 2.21. The first-order valence-corrected chi connectivity index (χ1v) is 3.03. The van der Waals surface area contributed by atoms with Gasteiger partial charge in [-0.1, -0.05) is 12.2 Å². The SMILES string of the molecule is On1ccc(=S)[nH]c1=S. The number of aromatic amines is 1. The molecule has 0 saturated carbocycles. The van der Waals surface area contributed by atoms with E-state index in [1.807, 2.05) is 0 Å².